The second-order valence-corrected chi connectivity index (χ2v) is 0. The third-order valence-electron chi connectivity index (χ3n) is 0. The van der Waals surface area contributed by atoms with Crippen LogP contribution in [0.3, 0.4) is 0 Å². The van der Waals surface area contributed by atoms with Crippen molar-refractivity contribution in [3.05, 3.63) is 0 Å². The van der Waals surface area contributed by atoms with Gasteiger partial charge in [-0.3, -0.25) is 0 Å². The van der Waals surface area contributed by atoms with Gasteiger partial charge in [0, 0.05) is 0 Å². The molecule has 0 spiro atoms. The summed E-state index contributed by atoms with van der Waals surface area (Å²) in [4.78, 5) is 0. The maximum absolute atomic E-state index is 7.50. The molecule has 6 heavy (non-hydrogen) atoms. The Labute approximate surface area is 64.4 Å². The molecule has 6 heteroatoms. The predicted octanol–water partition coefficient (Wildman–Crippen LogP) is -4.08. The molecule has 0 atom stereocenters. The molecule has 0 heterocycles. The minimum atomic E-state index is 0. The minimum Gasteiger partial charge on any atom is -0.870 e. The van der Waals surface area contributed by atoms with Gasteiger partial charge in [-0.15, -0.1) is 5.72 Å². The molecule has 0 amide bonds. The second-order valence-electron chi connectivity index (χ2n) is 0. The molecule has 0 rings (SSSR count). The van der Waals surface area contributed by atoms with E-state index in [0.29, 0.717) is 0 Å². The summed E-state index contributed by atoms with van der Waals surface area (Å²) < 4.78 is 18.0. The summed E-state index contributed by atoms with van der Waals surface area (Å²) in [7, 11) is 0. The average molecular weight is 106 g/mol. The first-order valence-corrected chi connectivity index (χ1v) is 0. The fraction of sp³-hybridized carbons (Fsp3) is 0. The fourth-order valence-corrected chi connectivity index (χ4v) is 0. The molecule has 0 fully saturated rings. The molecule has 0 bridgehead atoms. The summed E-state index contributed by atoms with van der Waals surface area (Å²) in [6, 6.07) is 0. The van der Waals surface area contributed by atoms with E-state index < -0.39 is 0 Å². The summed E-state index contributed by atoms with van der Waals surface area (Å²) in [6.45, 7) is 0. The molecule has 0 aromatic rings. The molecule has 0 aliphatic rings. The Kier molecular flexibility index (Phi) is 263. The molecule has 32 valence electrons. The summed E-state index contributed by atoms with van der Waals surface area (Å²) in [5.74, 6) is 0. The number of hydrogen-bond acceptors (Lipinski definition) is 4. The zero-order valence-corrected chi connectivity index (χ0v) is 4.37. The maximum atomic E-state index is 7.50. The molecule has 0 unspecified atom stereocenters. The van der Waals surface area contributed by atoms with Crippen molar-refractivity contribution in [1.29, 1.82) is 0 Å². The van der Waals surface area contributed by atoms with Gasteiger partial charge in [0.25, 0.3) is 0 Å². The van der Waals surface area contributed by atoms with Crippen molar-refractivity contribution in [1.82, 2.24) is 0 Å². The van der Waals surface area contributed by atoms with Crippen LogP contribution in [-0.4, -0.2) is 39.3 Å². The van der Waals surface area contributed by atoms with E-state index in [1.54, 1.807) is 0 Å². The van der Waals surface area contributed by atoms with Crippen LogP contribution in [0.15, 0.2) is 0 Å². The number of hydrogen-bond donors (Lipinski definition) is 0. The van der Waals surface area contributed by atoms with Crippen molar-refractivity contribution in [2.24, 2.45) is 0 Å². The van der Waals surface area contributed by atoms with Gasteiger partial charge in [0.15, 0.2) is 0 Å². The predicted molar refractivity (Wildman–Crippen MR) is 13.5 cm³/mol. The molecule has 0 aliphatic carbocycles. The van der Waals surface area contributed by atoms with Gasteiger partial charge in [0.1, 0.15) is 0 Å². The first-order valence-electron chi connectivity index (χ1n) is 1.63. The molecular formula is H4AlLiO4. The molecule has 0 aromatic heterocycles. The van der Waals surface area contributed by atoms with Crippen LogP contribution in [0.4, 0.5) is 0 Å². The van der Waals surface area contributed by atoms with Crippen LogP contribution in [-0.2, 0) is 0 Å². The second kappa shape index (κ2) is 157. The van der Waals surface area contributed by atoms with Crippen LogP contribution >= 0.6 is 0 Å². The van der Waals surface area contributed by atoms with E-state index >= 15 is 0 Å². The first-order chi connectivity index (χ1) is 4.00. The molecule has 0 saturated heterocycles. The third-order valence-corrected chi connectivity index (χ3v) is 0. The van der Waals surface area contributed by atoms with E-state index in [-0.39, 0.29) is 36.2 Å². The molecule has 0 radical (unpaired) electrons. The van der Waals surface area contributed by atoms with Crippen LogP contribution in [0, 0.1) is 0 Å². The van der Waals surface area contributed by atoms with Crippen LogP contribution in [0.5, 0.6) is 0 Å². The van der Waals surface area contributed by atoms with Crippen LogP contribution in [0.2, 0.25) is 0 Å². The quantitative estimate of drug-likeness (QED) is 0.291. The largest absolute Gasteiger partial charge is 3.00 e. The zero-order chi connectivity index (χ0) is 8.00. The van der Waals surface area contributed by atoms with E-state index in [1.807, 2.05) is 0 Å². The topological polar surface area (TPSA) is 120 Å². The van der Waals surface area contributed by atoms with Gasteiger partial charge in [-0.2, -0.15) is 0 Å². The van der Waals surface area contributed by atoms with Crippen LogP contribution in [0.1, 0.15) is 5.72 Å². The van der Waals surface area contributed by atoms with Gasteiger partial charge in [-0.1, -0.05) is 0 Å². The monoisotopic (exact) mass is 106 g/mol. The Balaban J connectivity index is -0.00000000500. The summed E-state index contributed by atoms with van der Waals surface area (Å²) in [5, 5.41) is 0. The van der Waals surface area contributed by atoms with E-state index in [0.717, 1.165) is 0 Å². The van der Waals surface area contributed by atoms with Gasteiger partial charge < -0.3 is 21.9 Å². The normalized spacial score (nSPS) is 4.67. The molecule has 0 aliphatic heterocycles. The molecule has 0 saturated carbocycles. The van der Waals surface area contributed by atoms with Crippen molar-refractivity contribution in [2.45, 2.75) is 0 Å². The first kappa shape index (κ1) is 10.1. The maximum Gasteiger partial charge on any atom is 3.00 e. The van der Waals surface area contributed by atoms with Crippen LogP contribution < -0.4 is 18.9 Å². The molecular weight excluding hydrogens is 97.9 g/mol. The van der Waals surface area contributed by atoms with Crippen molar-refractivity contribution in [3.8, 4) is 0 Å². The SMILES string of the molecule is [2H][O-].[2H][O-].[2H][O-].[2H][O-].[Al+3].[Li+]. The van der Waals surface area contributed by atoms with Gasteiger partial charge in [-0.05, 0) is 0 Å². The third kappa shape index (κ3) is 83.3. The van der Waals surface area contributed by atoms with Crippen LogP contribution in [0.25, 0.3) is 0 Å². The van der Waals surface area contributed by atoms with Crippen molar-refractivity contribution in [2.75, 3.05) is 0 Å². The standard InChI is InChI=1S/Al.Li.4H2O/h;;4*1H2/q+3;+1;;;;/p-4/i/hD4. The Bertz CT molecular complexity index is 17.2. The smallest absolute Gasteiger partial charge is 0.870 e. The van der Waals surface area contributed by atoms with Crippen molar-refractivity contribution in [3.63, 3.8) is 0 Å². The molecule has 0 aromatic carbocycles. The molecule has 4 N–H and O–H groups in total. The molecule has 4 nitrogen and oxygen atoms in total. The summed E-state index contributed by atoms with van der Waals surface area (Å²) in [6.07, 6.45) is 0. The van der Waals surface area contributed by atoms with E-state index in [4.69, 9.17) is 21.9 Å². The zero-order valence-electron chi connectivity index (χ0n) is 7.21. The minimum absolute atomic E-state index is 0. The number of rotatable bonds is 0. The van der Waals surface area contributed by atoms with Gasteiger partial charge >= 0.3 is 36.2 Å². The van der Waals surface area contributed by atoms with Gasteiger partial charge in [0.05, 0.1) is 0 Å². The Morgan fingerprint density at radius 2 is 0.833 bits per heavy atom. The fourth-order valence-electron chi connectivity index (χ4n) is 0. The van der Waals surface area contributed by atoms with E-state index in [9.17, 15) is 0 Å². The Morgan fingerprint density at radius 3 is 0.833 bits per heavy atom. The Hall–Kier alpha value is 0.970. The summed E-state index contributed by atoms with van der Waals surface area (Å²) in [5.41, 5.74) is 30.0. The average Bonchev–Trinajstić information content (AvgIpc) is 2.03. The summed E-state index contributed by atoms with van der Waals surface area (Å²) >= 11 is 0. The van der Waals surface area contributed by atoms with Gasteiger partial charge in [-0.25, -0.2) is 0 Å². The van der Waals surface area contributed by atoms with Crippen molar-refractivity contribution >= 4 is 17.4 Å². The van der Waals surface area contributed by atoms with E-state index in [2.05, 4.69) is 5.72 Å². The van der Waals surface area contributed by atoms with Crippen molar-refractivity contribution < 1.29 is 46.5 Å². The van der Waals surface area contributed by atoms with Gasteiger partial charge in [0.2, 0.25) is 0 Å². The van der Waals surface area contributed by atoms with E-state index in [1.165, 1.54) is 0 Å². The Morgan fingerprint density at radius 1 is 0.833 bits per heavy atom.